The fourth-order valence-corrected chi connectivity index (χ4v) is 2.21. The molecule has 0 aliphatic rings. The summed E-state index contributed by atoms with van der Waals surface area (Å²) in [5.41, 5.74) is 0.432. The molecular formula is C7H5Br2NO3. The van der Waals surface area contributed by atoms with Gasteiger partial charge in [0.2, 0.25) is 0 Å². The summed E-state index contributed by atoms with van der Waals surface area (Å²) in [5, 5.41) is 19.4. The highest BCUT2D eigenvalue weighted by Gasteiger charge is 2.16. The zero-order valence-corrected chi connectivity index (χ0v) is 9.50. The third-order valence-corrected chi connectivity index (χ3v) is 3.15. The number of halogens is 2. The van der Waals surface area contributed by atoms with Gasteiger partial charge in [0.05, 0.1) is 11.5 Å². The highest BCUT2D eigenvalue weighted by Crippen LogP contribution is 2.33. The van der Waals surface area contributed by atoms with Gasteiger partial charge in [-0.25, -0.2) is 0 Å². The van der Waals surface area contributed by atoms with E-state index >= 15 is 0 Å². The van der Waals surface area contributed by atoms with Crippen LogP contribution in [0.4, 0.5) is 5.69 Å². The first kappa shape index (κ1) is 10.6. The summed E-state index contributed by atoms with van der Waals surface area (Å²) in [5.74, 6) is 0. The molecule has 0 saturated heterocycles. The van der Waals surface area contributed by atoms with Crippen LogP contribution in [0.15, 0.2) is 21.1 Å². The Morgan fingerprint density at radius 2 is 2.08 bits per heavy atom. The van der Waals surface area contributed by atoms with Gasteiger partial charge in [-0.3, -0.25) is 10.1 Å². The minimum Gasteiger partial charge on any atom is -0.392 e. The van der Waals surface area contributed by atoms with Gasteiger partial charge in [0, 0.05) is 16.1 Å². The molecule has 0 aromatic heterocycles. The number of aliphatic hydroxyl groups excluding tert-OH is 1. The number of aliphatic hydroxyl groups is 1. The molecule has 0 aliphatic heterocycles. The van der Waals surface area contributed by atoms with E-state index in [9.17, 15) is 10.1 Å². The van der Waals surface area contributed by atoms with Crippen molar-refractivity contribution in [2.75, 3.05) is 0 Å². The summed E-state index contributed by atoms with van der Waals surface area (Å²) in [7, 11) is 0. The lowest BCUT2D eigenvalue weighted by Crippen LogP contribution is -1.94. The van der Waals surface area contributed by atoms with Crippen LogP contribution in [0.1, 0.15) is 5.56 Å². The molecule has 0 amide bonds. The van der Waals surface area contributed by atoms with Crippen molar-refractivity contribution < 1.29 is 10.0 Å². The average molecular weight is 311 g/mol. The van der Waals surface area contributed by atoms with Crippen molar-refractivity contribution in [3.8, 4) is 0 Å². The van der Waals surface area contributed by atoms with Gasteiger partial charge in [-0.1, -0.05) is 15.9 Å². The lowest BCUT2D eigenvalue weighted by atomic mass is 10.2. The van der Waals surface area contributed by atoms with Crippen LogP contribution >= 0.6 is 31.9 Å². The smallest absolute Gasteiger partial charge is 0.283 e. The molecule has 0 atom stereocenters. The van der Waals surface area contributed by atoms with Crippen molar-refractivity contribution in [1.29, 1.82) is 0 Å². The molecule has 0 heterocycles. The zero-order chi connectivity index (χ0) is 10.0. The van der Waals surface area contributed by atoms with Crippen LogP contribution in [0, 0.1) is 10.1 Å². The zero-order valence-electron chi connectivity index (χ0n) is 6.33. The molecule has 1 aromatic carbocycles. The largest absolute Gasteiger partial charge is 0.392 e. The number of rotatable bonds is 2. The Bertz CT molecular complexity index is 354. The predicted octanol–water partition coefficient (Wildman–Crippen LogP) is 2.61. The van der Waals surface area contributed by atoms with Gasteiger partial charge in [-0.15, -0.1) is 0 Å². The fourth-order valence-electron chi connectivity index (χ4n) is 0.871. The van der Waals surface area contributed by atoms with Crippen LogP contribution < -0.4 is 0 Å². The molecule has 1 N–H and O–H groups in total. The van der Waals surface area contributed by atoms with Gasteiger partial charge in [-0.05, 0) is 22.0 Å². The van der Waals surface area contributed by atoms with E-state index in [1.165, 1.54) is 12.1 Å². The Labute approximate surface area is 91.0 Å². The van der Waals surface area contributed by atoms with Gasteiger partial charge in [-0.2, -0.15) is 0 Å². The molecule has 0 aliphatic carbocycles. The van der Waals surface area contributed by atoms with Gasteiger partial charge in [0.1, 0.15) is 4.47 Å². The Hall–Kier alpha value is -0.460. The van der Waals surface area contributed by atoms with Gasteiger partial charge >= 0.3 is 0 Å². The second-order valence-corrected chi connectivity index (χ2v) is 3.92. The predicted molar refractivity (Wildman–Crippen MR) is 54.4 cm³/mol. The van der Waals surface area contributed by atoms with Crippen LogP contribution in [0.25, 0.3) is 0 Å². The summed E-state index contributed by atoms with van der Waals surface area (Å²) in [6.07, 6.45) is 0. The summed E-state index contributed by atoms with van der Waals surface area (Å²) in [4.78, 5) is 9.98. The van der Waals surface area contributed by atoms with E-state index in [4.69, 9.17) is 5.11 Å². The average Bonchev–Trinajstić information content (AvgIpc) is 2.04. The molecule has 4 nitrogen and oxygen atoms in total. The van der Waals surface area contributed by atoms with Crippen LogP contribution in [0.5, 0.6) is 0 Å². The van der Waals surface area contributed by atoms with E-state index < -0.39 is 4.92 Å². The maximum atomic E-state index is 10.5. The first-order valence-electron chi connectivity index (χ1n) is 3.30. The third kappa shape index (κ3) is 2.07. The van der Waals surface area contributed by atoms with Crippen molar-refractivity contribution in [3.63, 3.8) is 0 Å². The van der Waals surface area contributed by atoms with Crippen LogP contribution in [-0.4, -0.2) is 10.0 Å². The fraction of sp³-hybridized carbons (Fsp3) is 0.143. The molecule has 1 aromatic rings. The summed E-state index contributed by atoms with van der Waals surface area (Å²) in [6, 6.07) is 2.90. The Morgan fingerprint density at radius 1 is 1.46 bits per heavy atom. The second kappa shape index (κ2) is 4.17. The first-order valence-corrected chi connectivity index (χ1v) is 4.88. The summed E-state index contributed by atoms with van der Waals surface area (Å²) in [6.45, 7) is -0.247. The van der Waals surface area contributed by atoms with E-state index in [-0.39, 0.29) is 12.3 Å². The minimum atomic E-state index is -0.504. The van der Waals surface area contributed by atoms with Gasteiger partial charge in [0.25, 0.3) is 5.69 Å². The normalized spacial score (nSPS) is 10.1. The number of hydrogen-bond acceptors (Lipinski definition) is 3. The van der Waals surface area contributed by atoms with Crippen molar-refractivity contribution in [3.05, 3.63) is 36.8 Å². The van der Waals surface area contributed by atoms with Crippen LogP contribution in [-0.2, 0) is 6.61 Å². The first-order chi connectivity index (χ1) is 6.07. The quantitative estimate of drug-likeness (QED) is 0.674. The minimum absolute atomic E-state index is 0.0488. The monoisotopic (exact) mass is 309 g/mol. The molecule has 13 heavy (non-hydrogen) atoms. The summed E-state index contributed by atoms with van der Waals surface area (Å²) >= 11 is 6.24. The topological polar surface area (TPSA) is 63.4 Å². The van der Waals surface area contributed by atoms with E-state index in [1.807, 2.05) is 0 Å². The maximum Gasteiger partial charge on any atom is 0.283 e. The lowest BCUT2D eigenvalue weighted by molar-refractivity contribution is -0.385. The Balaban J connectivity index is 3.35. The SMILES string of the molecule is O=[N+]([O-])c1ccc(Br)c(CO)c1Br. The molecule has 0 fully saturated rings. The molecule has 0 saturated carbocycles. The van der Waals surface area contributed by atoms with Crippen LogP contribution in [0.3, 0.4) is 0 Å². The Morgan fingerprint density at radius 3 is 2.54 bits per heavy atom. The van der Waals surface area contributed by atoms with Crippen molar-refractivity contribution in [2.45, 2.75) is 6.61 Å². The van der Waals surface area contributed by atoms with E-state index in [0.29, 0.717) is 14.5 Å². The van der Waals surface area contributed by atoms with Crippen molar-refractivity contribution in [1.82, 2.24) is 0 Å². The molecule has 0 radical (unpaired) electrons. The van der Waals surface area contributed by atoms with Gasteiger partial charge < -0.3 is 5.11 Å². The van der Waals surface area contributed by atoms with Gasteiger partial charge in [0.15, 0.2) is 0 Å². The summed E-state index contributed by atoms with van der Waals surface area (Å²) < 4.78 is 0.960. The third-order valence-electron chi connectivity index (χ3n) is 1.52. The molecular weight excluding hydrogens is 306 g/mol. The highest BCUT2D eigenvalue weighted by molar-refractivity contribution is 9.11. The van der Waals surface area contributed by atoms with Crippen LogP contribution in [0.2, 0.25) is 0 Å². The number of hydrogen-bond donors (Lipinski definition) is 1. The molecule has 70 valence electrons. The van der Waals surface area contributed by atoms with Crippen molar-refractivity contribution in [2.24, 2.45) is 0 Å². The maximum absolute atomic E-state index is 10.5. The molecule has 6 heteroatoms. The molecule has 0 unspecified atom stereocenters. The second-order valence-electron chi connectivity index (χ2n) is 2.27. The number of nitro benzene ring substituents is 1. The van der Waals surface area contributed by atoms with Crippen molar-refractivity contribution >= 4 is 37.5 Å². The highest BCUT2D eigenvalue weighted by atomic mass is 79.9. The van der Waals surface area contributed by atoms with E-state index in [2.05, 4.69) is 31.9 Å². The van der Waals surface area contributed by atoms with E-state index in [0.717, 1.165) is 0 Å². The number of nitro groups is 1. The standard InChI is InChI=1S/C7H5Br2NO3/c8-5-1-2-6(10(12)13)7(9)4(5)3-11/h1-2,11H,3H2. The Kier molecular flexibility index (Phi) is 3.40. The molecule has 0 bridgehead atoms. The number of benzene rings is 1. The molecule has 1 rings (SSSR count). The van der Waals surface area contributed by atoms with E-state index in [1.54, 1.807) is 0 Å². The molecule has 0 spiro atoms. The number of nitrogens with zero attached hydrogens (tertiary/aromatic N) is 1. The lowest BCUT2D eigenvalue weighted by Gasteiger charge is -2.03.